The van der Waals surface area contributed by atoms with E-state index < -0.39 is 0 Å². The van der Waals surface area contributed by atoms with Crippen LogP contribution in [-0.4, -0.2) is 27.0 Å². The highest BCUT2D eigenvalue weighted by Gasteiger charge is 2.37. The Balaban J connectivity index is 1.92. The van der Waals surface area contributed by atoms with E-state index in [0.717, 1.165) is 42.9 Å². The SMILES string of the molecule is COc1cncc2ncc(CCC3(N)CC3)n12. The first kappa shape index (κ1) is 10.5. The zero-order valence-electron chi connectivity index (χ0n) is 9.89. The van der Waals surface area contributed by atoms with Gasteiger partial charge in [-0.05, 0) is 25.7 Å². The first-order valence-corrected chi connectivity index (χ1v) is 5.85. The van der Waals surface area contributed by atoms with Crippen molar-refractivity contribution < 1.29 is 4.74 Å². The van der Waals surface area contributed by atoms with Crippen LogP contribution in [0.1, 0.15) is 25.0 Å². The Bertz CT molecular complexity index is 544. The summed E-state index contributed by atoms with van der Waals surface area (Å²) >= 11 is 0. The standard InChI is InChI=1S/C12H16N4O/c1-17-11-8-14-7-10-15-6-9(16(10)11)2-3-12(13)4-5-12/h6-8H,2-5,13H2,1H3. The minimum Gasteiger partial charge on any atom is -0.481 e. The number of rotatable bonds is 4. The van der Waals surface area contributed by atoms with Crippen molar-refractivity contribution in [2.75, 3.05) is 7.11 Å². The second-order valence-electron chi connectivity index (χ2n) is 4.76. The molecule has 17 heavy (non-hydrogen) atoms. The Morgan fingerprint density at radius 3 is 2.94 bits per heavy atom. The van der Waals surface area contributed by atoms with Crippen LogP contribution in [0.3, 0.4) is 0 Å². The molecule has 0 unspecified atom stereocenters. The summed E-state index contributed by atoms with van der Waals surface area (Å²) in [5.41, 5.74) is 8.13. The highest BCUT2D eigenvalue weighted by molar-refractivity contribution is 5.41. The van der Waals surface area contributed by atoms with E-state index in [1.54, 1.807) is 19.5 Å². The predicted octanol–water partition coefficient (Wildman–Crippen LogP) is 1.16. The molecule has 0 spiro atoms. The molecule has 90 valence electrons. The molecule has 0 amide bonds. The van der Waals surface area contributed by atoms with E-state index in [1.165, 1.54) is 0 Å². The van der Waals surface area contributed by atoms with Gasteiger partial charge in [-0.2, -0.15) is 0 Å². The molecule has 1 saturated carbocycles. The van der Waals surface area contributed by atoms with E-state index in [0.29, 0.717) is 0 Å². The largest absolute Gasteiger partial charge is 0.481 e. The van der Waals surface area contributed by atoms with Crippen molar-refractivity contribution in [1.29, 1.82) is 0 Å². The maximum Gasteiger partial charge on any atom is 0.218 e. The molecule has 5 heteroatoms. The number of aromatic nitrogens is 3. The Kier molecular flexibility index (Phi) is 2.29. The summed E-state index contributed by atoms with van der Waals surface area (Å²) in [6.07, 6.45) is 9.54. The highest BCUT2D eigenvalue weighted by Crippen LogP contribution is 2.36. The van der Waals surface area contributed by atoms with Crippen molar-refractivity contribution in [3.05, 3.63) is 24.3 Å². The fraction of sp³-hybridized carbons (Fsp3) is 0.500. The molecule has 1 aliphatic carbocycles. The molecule has 5 nitrogen and oxygen atoms in total. The summed E-state index contributed by atoms with van der Waals surface area (Å²) in [5.74, 6) is 0.719. The minimum atomic E-state index is 0.0738. The van der Waals surface area contributed by atoms with E-state index in [2.05, 4.69) is 9.97 Å². The summed E-state index contributed by atoms with van der Waals surface area (Å²) in [4.78, 5) is 8.41. The van der Waals surface area contributed by atoms with Crippen molar-refractivity contribution in [1.82, 2.24) is 14.4 Å². The minimum absolute atomic E-state index is 0.0738. The number of hydrogen-bond donors (Lipinski definition) is 1. The zero-order valence-corrected chi connectivity index (χ0v) is 9.89. The lowest BCUT2D eigenvalue weighted by molar-refractivity contribution is 0.388. The van der Waals surface area contributed by atoms with Crippen molar-refractivity contribution in [2.24, 2.45) is 5.73 Å². The number of fused-ring (bicyclic) bond motifs is 1. The molecule has 1 fully saturated rings. The van der Waals surface area contributed by atoms with Crippen LogP contribution in [0.25, 0.3) is 5.65 Å². The fourth-order valence-corrected chi connectivity index (χ4v) is 2.08. The van der Waals surface area contributed by atoms with Crippen LogP contribution in [0.4, 0.5) is 0 Å². The molecule has 1 aliphatic rings. The second-order valence-corrected chi connectivity index (χ2v) is 4.76. The average Bonchev–Trinajstić information content (AvgIpc) is 2.93. The van der Waals surface area contributed by atoms with E-state index in [9.17, 15) is 0 Å². The monoisotopic (exact) mass is 232 g/mol. The van der Waals surface area contributed by atoms with Crippen LogP contribution < -0.4 is 10.5 Å². The lowest BCUT2D eigenvalue weighted by Gasteiger charge is -2.09. The number of imidazole rings is 1. The lowest BCUT2D eigenvalue weighted by Crippen LogP contribution is -2.22. The van der Waals surface area contributed by atoms with Crippen LogP contribution in [-0.2, 0) is 6.42 Å². The van der Waals surface area contributed by atoms with Crippen LogP contribution in [0.15, 0.2) is 18.6 Å². The third kappa shape index (κ3) is 1.86. The number of hydrogen-bond acceptors (Lipinski definition) is 4. The van der Waals surface area contributed by atoms with Gasteiger partial charge in [0.15, 0.2) is 5.65 Å². The molecule has 0 saturated heterocycles. The van der Waals surface area contributed by atoms with Crippen LogP contribution >= 0.6 is 0 Å². The average molecular weight is 232 g/mol. The quantitative estimate of drug-likeness (QED) is 0.859. The third-order valence-electron chi connectivity index (χ3n) is 3.44. The molecule has 0 radical (unpaired) electrons. The summed E-state index contributed by atoms with van der Waals surface area (Å²) in [6, 6.07) is 0. The van der Waals surface area contributed by atoms with Crippen molar-refractivity contribution in [3.8, 4) is 5.88 Å². The molecule has 0 atom stereocenters. The summed E-state index contributed by atoms with van der Waals surface area (Å²) in [6.45, 7) is 0. The first-order chi connectivity index (χ1) is 8.22. The van der Waals surface area contributed by atoms with Gasteiger partial charge in [0.2, 0.25) is 5.88 Å². The molecule has 2 N–H and O–H groups in total. The van der Waals surface area contributed by atoms with E-state index in [4.69, 9.17) is 10.5 Å². The van der Waals surface area contributed by atoms with Gasteiger partial charge in [0.25, 0.3) is 0 Å². The van der Waals surface area contributed by atoms with E-state index in [1.807, 2.05) is 10.6 Å². The van der Waals surface area contributed by atoms with Gasteiger partial charge in [-0.3, -0.25) is 9.38 Å². The number of nitrogens with zero attached hydrogens (tertiary/aromatic N) is 3. The van der Waals surface area contributed by atoms with Gasteiger partial charge in [0.1, 0.15) is 0 Å². The van der Waals surface area contributed by atoms with E-state index >= 15 is 0 Å². The predicted molar refractivity (Wildman–Crippen MR) is 64.0 cm³/mol. The van der Waals surface area contributed by atoms with Crippen LogP contribution in [0.5, 0.6) is 5.88 Å². The summed E-state index contributed by atoms with van der Waals surface area (Å²) in [7, 11) is 1.64. The summed E-state index contributed by atoms with van der Waals surface area (Å²) in [5, 5.41) is 0. The van der Waals surface area contributed by atoms with Gasteiger partial charge in [-0.1, -0.05) is 0 Å². The number of methoxy groups -OCH3 is 1. The van der Waals surface area contributed by atoms with Crippen LogP contribution in [0, 0.1) is 0 Å². The number of ether oxygens (including phenoxy) is 1. The zero-order chi connectivity index (χ0) is 11.9. The topological polar surface area (TPSA) is 65.4 Å². The molecular weight excluding hydrogens is 216 g/mol. The van der Waals surface area contributed by atoms with Crippen molar-refractivity contribution in [3.63, 3.8) is 0 Å². The maximum absolute atomic E-state index is 6.10. The third-order valence-corrected chi connectivity index (χ3v) is 3.44. The van der Waals surface area contributed by atoms with Gasteiger partial charge >= 0.3 is 0 Å². The Hall–Kier alpha value is -1.62. The van der Waals surface area contributed by atoms with Gasteiger partial charge in [-0.25, -0.2) is 4.98 Å². The van der Waals surface area contributed by atoms with Gasteiger partial charge < -0.3 is 10.5 Å². The van der Waals surface area contributed by atoms with E-state index in [-0.39, 0.29) is 5.54 Å². The molecule has 2 aromatic rings. The van der Waals surface area contributed by atoms with Crippen LogP contribution in [0.2, 0.25) is 0 Å². The fourth-order valence-electron chi connectivity index (χ4n) is 2.08. The Morgan fingerprint density at radius 1 is 1.41 bits per heavy atom. The smallest absolute Gasteiger partial charge is 0.218 e. The van der Waals surface area contributed by atoms with Gasteiger partial charge in [0.05, 0.1) is 19.5 Å². The molecule has 0 bridgehead atoms. The number of aryl methyl sites for hydroxylation is 1. The molecule has 0 aliphatic heterocycles. The van der Waals surface area contributed by atoms with Crippen molar-refractivity contribution in [2.45, 2.75) is 31.2 Å². The van der Waals surface area contributed by atoms with Gasteiger partial charge in [-0.15, -0.1) is 0 Å². The Morgan fingerprint density at radius 2 is 2.24 bits per heavy atom. The second kappa shape index (κ2) is 3.70. The normalized spacial score (nSPS) is 17.3. The molecule has 0 aromatic carbocycles. The Labute approximate surface area is 99.6 Å². The maximum atomic E-state index is 6.10. The first-order valence-electron chi connectivity index (χ1n) is 5.85. The van der Waals surface area contributed by atoms with Crippen molar-refractivity contribution >= 4 is 5.65 Å². The molecular formula is C12H16N4O. The molecule has 2 heterocycles. The number of nitrogens with two attached hydrogens (primary N) is 1. The summed E-state index contributed by atoms with van der Waals surface area (Å²) < 4.78 is 7.30. The molecule has 2 aromatic heterocycles. The lowest BCUT2D eigenvalue weighted by atomic mass is 10.1. The highest BCUT2D eigenvalue weighted by atomic mass is 16.5. The van der Waals surface area contributed by atoms with Gasteiger partial charge in [0, 0.05) is 17.4 Å². The molecule has 3 rings (SSSR count).